The molecule has 39 heavy (non-hydrogen) atoms. The Morgan fingerprint density at radius 3 is 2.49 bits per heavy atom. The van der Waals surface area contributed by atoms with Gasteiger partial charge in [-0.3, -0.25) is 9.59 Å². The molecule has 4 N–H and O–H groups in total. The maximum atomic E-state index is 13.3. The normalized spacial score (nSPS) is 20.2. The molecule has 11 nitrogen and oxygen atoms in total. The summed E-state index contributed by atoms with van der Waals surface area (Å²) in [5.41, 5.74) is -1.58. The zero-order valence-electron chi connectivity index (χ0n) is 22.1. The molecule has 14 heteroatoms. The average Bonchev–Trinajstić information content (AvgIpc) is 3.27. The van der Waals surface area contributed by atoms with Crippen LogP contribution < -0.4 is 45.5 Å². The van der Waals surface area contributed by atoms with Gasteiger partial charge in [0.1, 0.15) is 16.2 Å². The monoisotopic (exact) mass is 595 g/mol. The number of hydrogen-bond donors (Lipinski definition) is 4. The minimum Gasteiger partial charge on any atom is -0.746 e. The minimum atomic E-state index is -5.19. The Balaban J connectivity index is 0.00000533. The molecule has 1 aliphatic heterocycles. The Morgan fingerprint density at radius 1 is 1.15 bits per heavy atom. The van der Waals surface area contributed by atoms with Crippen LogP contribution in [-0.4, -0.2) is 66.7 Å². The maximum Gasteiger partial charge on any atom is 1.00 e. The maximum absolute atomic E-state index is 13.3. The third-order valence-electron chi connectivity index (χ3n) is 7.08. The van der Waals surface area contributed by atoms with E-state index in [0.29, 0.717) is 24.4 Å². The van der Waals surface area contributed by atoms with E-state index in [4.69, 9.17) is 16.3 Å². The molecule has 1 heterocycles. The summed E-state index contributed by atoms with van der Waals surface area (Å²) >= 11 is 5.97. The van der Waals surface area contributed by atoms with Gasteiger partial charge in [0.25, 0.3) is 0 Å². The molecule has 212 valence electrons. The van der Waals surface area contributed by atoms with E-state index in [9.17, 15) is 32.5 Å². The van der Waals surface area contributed by atoms with Crippen LogP contribution in [0.2, 0.25) is 5.02 Å². The van der Waals surface area contributed by atoms with Crippen LogP contribution >= 0.6 is 11.6 Å². The van der Waals surface area contributed by atoms with Crippen LogP contribution in [-0.2, 0) is 30.9 Å². The second kappa shape index (κ2) is 16.1. The first kappa shape index (κ1) is 33.8. The number of rotatable bonds is 12. The summed E-state index contributed by atoms with van der Waals surface area (Å²) in [6.07, 6.45) is 4.83. The van der Waals surface area contributed by atoms with Crippen LogP contribution in [0.1, 0.15) is 56.9 Å². The number of halogens is 1. The molecule has 4 atom stereocenters. The minimum absolute atomic E-state index is 0. The molecule has 0 bridgehead atoms. The largest absolute Gasteiger partial charge is 1.00 e. The number of amides is 3. The van der Waals surface area contributed by atoms with Gasteiger partial charge in [-0.15, -0.1) is 0 Å². The van der Waals surface area contributed by atoms with Gasteiger partial charge in [0.05, 0.1) is 12.6 Å². The summed E-state index contributed by atoms with van der Waals surface area (Å²) in [4.78, 5) is 37.9. The topological polar surface area (TPSA) is 174 Å². The third kappa shape index (κ3) is 11.2. The predicted molar refractivity (Wildman–Crippen MR) is 138 cm³/mol. The quantitative estimate of drug-likeness (QED) is 0.173. The smallest absolute Gasteiger partial charge is 0.746 e. The standard InChI is InChI=1S/C25H36ClN3O8S.Na/c26-19-8-4-7-17(13-19)10-12-37-25(33)29-20(14-16-5-2-1-3-6-16)23(31)28-21(24(32)38(34,35)36)15-18-9-11-27-22(18)30;/h4,7-8,13,16,18,20-21,24,32H,1-3,5-6,9-12,14-15H2,(H,27,30)(H,28,31)(H,29,33)(H,34,35,36);/q;+1/p-1/t18-,20-,21-,24?;/m0./s1. The van der Waals surface area contributed by atoms with Crippen molar-refractivity contribution < 1.29 is 66.8 Å². The van der Waals surface area contributed by atoms with Gasteiger partial charge in [0.2, 0.25) is 11.8 Å². The Morgan fingerprint density at radius 2 is 1.87 bits per heavy atom. The number of carbonyl (C=O) groups is 3. The Kier molecular flexibility index (Phi) is 14.0. The molecule has 1 saturated carbocycles. The molecule has 2 fully saturated rings. The van der Waals surface area contributed by atoms with Gasteiger partial charge in [-0.1, -0.05) is 55.8 Å². The van der Waals surface area contributed by atoms with Crippen LogP contribution in [0.5, 0.6) is 0 Å². The van der Waals surface area contributed by atoms with E-state index in [1.165, 1.54) is 0 Å². The summed E-state index contributed by atoms with van der Waals surface area (Å²) in [6.45, 7) is 0.410. The molecule has 3 rings (SSSR count). The van der Waals surface area contributed by atoms with Crippen LogP contribution in [0.3, 0.4) is 0 Å². The molecule has 0 spiro atoms. The van der Waals surface area contributed by atoms with Crippen molar-refractivity contribution in [3.63, 3.8) is 0 Å². The van der Waals surface area contributed by atoms with Crippen molar-refractivity contribution in [2.24, 2.45) is 11.8 Å². The first-order valence-electron chi connectivity index (χ1n) is 12.9. The van der Waals surface area contributed by atoms with Gasteiger partial charge >= 0.3 is 35.7 Å². The number of benzene rings is 1. The fraction of sp³-hybridized carbons (Fsp3) is 0.640. The summed E-state index contributed by atoms with van der Waals surface area (Å²) in [6, 6.07) is 4.50. The zero-order valence-corrected chi connectivity index (χ0v) is 25.6. The van der Waals surface area contributed by atoms with Gasteiger partial charge in [-0.2, -0.15) is 0 Å². The van der Waals surface area contributed by atoms with E-state index in [1.807, 2.05) is 6.07 Å². The van der Waals surface area contributed by atoms with Gasteiger partial charge < -0.3 is 30.3 Å². The molecule has 1 aromatic rings. The molecular formula is C25H35ClN3NaO8S. The van der Waals surface area contributed by atoms with Crippen molar-refractivity contribution in [3.8, 4) is 0 Å². The van der Waals surface area contributed by atoms with Crippen molar-refractivity contribution >= 4 is 39.6 Å². The van der Waals surface area contributed by atoms with Crippen LogP contribution in [0.25, 0.3) is 0 Å². The van der Waals surface area contributed by atoms with Gasteiger partial charge in [0, 0.05) is 23.9 Å². The summed E-state index contributed by atoms with van der Waals surface area (Å²) in [5.74, 6) is -1.62. The van der Waals surface area contributed by atoms with Crippen molar-refractivity contribution in [2.75, 3.05) is 13.2 Å². The number of alkyl carbamates (subject to hydrolysis) is 1. The van der Waals surface area contributed by atoms with E-state index in [1.54, 1.807) is 18.2 Å². The SMILES string of the molecule is O=C(N[C@@H](CC1CCCCC1)C(=O)N[C@@H](C[C@@H]1CCNC1=O)C(O)S(=O)(=O)[O-])OCCc1cccc(Cl)c1.[Na+]. The fourth-order valence-electron chi connectivity index (χ4n) is 5.03. The molecule has 0 radical (unpaired) electrons. The first-order valence-corrected chi connectivity index (χ1v) is 14.8. The second-order valence-electron chi connectivity index (χ2n) is 9.96. The molecule has 1 aliphatic carbocycles. The van der Waals surface area contributed by atoms with E-state index in [2.05, 4.69) is 16.0 Å². The summed E-state index contributed by atoms with van der Waals surface area (Å²) < 4.78 is 40.0. The van der Waals surface area contributed by atoms with Gasteiger partial charge in [-0.05, 0) is 42.9 Å². The van der Waals surface area contributed by atoms with E-state index in [-0.39, 0.29) is 60.8 Å². The molecule has 3 amide bonds. The van der Waals surface area contributed by atoms with Gasteiger partial charge in [0.15, 0.2) is 5.44 Å². The van der Waals surface area contributed by atoms with Crippen LogP contribution in [0.4, 0.5) is 4.79 Å². The van der Waals surface area contributed by atoms with E-state index >= 15 is 0 Å². The number of aliphatic hydroxyl groups excluding tert-OH is 1. The molecule has 1 unspecified atom stereocenters. The Labute approximate surface area is 256 Å². The summed E-state index contributed by atoms with van der Waals surface area (Å²) in [5, 5.41) is 18.3. The van der Waals surface area contributed by atoms with E-state index < -0.39 is 45.6 Å². The van der Waals surface area contributed by atoms with Crippen molar-refractivity contribution in [1.29, 1.82) is 0 Å². The average molecular weight is 596 g/mol. The second-order valence-corrected chi connectivity index (χ2v) is 11.9. The Hall–Kier alpha value is -1.41. The predicted octanol–water partition coefficient (Wildman–Crippen LogP) is -1.17. The number of aliphatic hydroxyl groups is 1. The van der Waals surface area contributed by atoms with Crippen molar-refractivity contribution in [3.05, 3.63) is 34.9 Å². The summed E-state index contributed by atoms with van der Waals surface area (Å²) in [7, 11) is -5.19. The van der Waals surface area contributed by atoms with Crippen molar-refractivity contribution in [2.45, 2.75) is 75.3 Å². The first-order chi connectivity index (χ1) is 18.0. The molecule has 2 aliphatic rings. The molecule has 1 saturated heterocycles. The molecular weight excluding hydrogens is 561 g/mol. The van der Waals surface area contributed by atoms with E-state index in [0.717, 1.165) is 37.7 Å². The number of carbonyl (C=O) groups excluding carboxylic acids is 3. The van der Waals surface area contributed by atoms with Crippen LogP contribution in [0.15, 0.2) is 24.3 Å². The zero-order chi connectivity index (χ0) is 27.7. The number of nitrogens with one attached hydrogen (secondary N) is 3. The van der Waals surface area contributed by atoms with Gasteiger partial charge in [-0.25, -0.2) is 13.2 Å². The Bertz CT molecular complexity index is 1090. The fourth-order valence-corrected chi connectivity index (χ4v) is 5.83. The molecule has 1 aromatic carbocycles. The van der Waals surface area contributed by atoms with Crippen molar-refractivity contribution in [1.82, 2.24) is 16.0 Å². The number of ether oxygens (including phenoxy) is 1. The third-order valence-corrected chi connectivity index (χ3v) is 8.24. The molecule has 0 aromatic heterocycles. The van der Waals surface area contributed by atoms with Crippen LogP contribution in [0, 0.1) is 11.8 Å². The number of hydrogen-bond acceptors (Lipinski definition) is 8.